The Morgan fingerprint density at radius 1 is 1.62 bits per heavy atom. The summed E-state index contributed by atoms with van der Waals surface area (Å²) in [6.45, 7) is 1.65. The van der Waals surface area contributed by atoms with Crippen LogP contribution in [0.1, 0.15) is 24.6 Å². The largest absolute Gasteiger partial charge is 1.00 e. The molecule has 0 unspecified atom stereocenters. The molecule has 0 bridgehead atoms. The minimum Gasteiger partial charge on any atom is -0.549 e. The molecule has 1 aliphatic carbocycles. The molecule has 1 heterocycles. The Hall–Kier alpha value is -0.793. The van der Waals surface area contributed by atoms with Crippen LogP contribution in [0.3, 0.4) is 0 Å². The van der Waals surface area contributed by atoms with Crippen molar-refractivity contribution in [3.05, 3.63) is 11.7 Å². The molecule has 0 aliphatic heterocycles. The van der Waals surface area contributed by atoms with Gasteiger partial charge in [0, 0.05) is 0 Å². The van der Waals surface area contributed by atoms with Crippen LogP contribution in [0.2, 0.25) is 0 Å². The summed E-state index contributed by atoms with van der Waals surface area (Å²) in [5.41, 5.74) is -0.971. The van der Waals surface area contributed by atoms with Crippen LogP contribution >= 0.6 is 0 Å². The van der Waals surface area contributed by atoms with Crippen molar-refractivity contribution in [2.75, 3.05) is 0 Å². The molecule has 2 rings (SSSR count). The second kappa shape index (κ2) is 3.17. The molecule has 64 valence electrons. The number of carboxylic acids is 1. The topological polar surface area (TPSA) is 79.0 Å². The third-order valence-electron chi connectivity index (χ3n) is 2.08. The predicted octanol–water partition coefficient (Wildman–Crippen LogP) is -3.84. The van der Waals surface area contributed by atoms with E-state index in [1.54, 1.807) is 6.92 Å². The first-order valence-electron chi connectivity index (χ1n) is 3.67. The Bertz CT molecular complexity index is 332. The first-order valence-corrected chi connectivity index (χ1v) is 3.67. The summed E-state index contributed by atoms with van der Waals surface area (Å²) in [7, 11) is 0. The first kappa shape index (κ1) is 10.3. The van der Waals surface area contributed by atoms with Crippen LogP contribution in [0.4, 0.5) is 0 Å². The summed E-state index contributed by atoms with van der Waals surface area (Å²) < 4.78 is 4.77. The SMILES string of the molecule is Cc1noc(C2(C(=O)[O-])CC2)n1.[Li+]. The first-order chi connectivity index (χ1) is 5.65. The molecule has 1 saturated carbocycles. The Morgan fingerprint density at radius 3 is 2.54 bits per heavy atom. The third kappa shape index (κ3) is 1.50. The molecule has 5 nitrogen and oxygen atoms in total. The van der Waals surface area contributed by atoms with E-state index in [-0.39, 0.29) is 24.8 Å². The Morgan fingerprint density at radius 2 is 2.23 bits per heavy atom. The van der Waals surface area contributed by atoms with Crippen LogP contribution < -0.4 is 24.0 Å². The third-order valence-corrected chi connectivity index (χ3v) is 2.08. The maximum Gasteiger partial charge on any atom is 1.00 e. The predicted molar refractivity (Wildman–Crippen MR) is 35.0 cm³/mol. The maximum atomic E-state index is 10.7. The molecule has 1 fully saturated rings. The van der Waals surface area contributed by atoms with E-state index in [9.17, 15) is 9.90 Å². The molecular weight excluding hydrogens is 167 g/mol. The number of aryl methyl sites for hydroxylation is 1. The molecular formula is C7H7LiN2O3. The number of hydrogen-bond donors (Lipinski definition) is 0. The molecule has 0 saturated heterocycles. The number of nitrogens with zero attached hydrogens (tertiary/aromatic N) is 2. The van der Waals surface area contributed by atoms with Crippen LogP contribution in [0.15, 0.2) is 4.52 Å². The summed E-state index contributed by atoms with van der Waals surface area (Å²) in [5.74, 6) is -0.483. The van der Waals surface area contributed by atoms with Gasteiger partial charge in [-0.25, -0.2) is 0 Å². The smallest absolute Gasteiger partial charge is 0.549 e. The van der Waals surface area contributed by atoms with E-state index in [1.165, 1.54) is 0 Å². The summed E-state index contributed by atoms with van der Waals surface area (Å²) in [5, 5.41) is 14.2. The zero-order valence-corrected chi connectivity index (χ0v) is 7.53. The number of carboxylic acid groups (broad SMARTS) is 1. The maximum absolute atomic E-state index is 10.7. The van der Waals surface area contributed by atoms with Crippen molar-refractivity contribution < 1.29 is 33.3 Å². The zero-order valence-electron chi connectivity index (χ0n) is 7.53. The van der Waals surface area contributed by atoms with Crippen LogP contribution in [-0.2, 0) is 10.2 Å². The molecule has 0 atom stereocenters. The Kier molecular flexibility index (Phi) is 2.51. The van der Waals surface area contributed by atoms with Crippen LogP contribution in [0.5, 0.6) is 0 Å². The average molecular weight is 174 g/mol. The van der Waals surface area contributed by atoms with Crippen molar-refractivity contribution in [1.82, 2.24) is 10.1 Å². The fourth-order valence-corrected chi connectivity index (χ4v) is 1.12. The summed E-state index contributed by atoms with van der Waals surface area (Å²) in [4.78, 5) is 14.5. The quantitative estimate of drug-likeness (QED) is 0.429. The van der Waals surface area contributed by atoms with Gasteiger partial charge < -0.3 is 14.4 Å². The van der Waals surface area contributed by atoms with E-state index in [0.29, 0.717) is 18.7 Å². The number of carbonyl (C=O) groups is 1. The van der Waals surface area contributed by atoms with Gasteiger partial charge in [0.1, 0.15) is 0 Å². The van der Waals surface area contributed by atoms with Gasteiger partial charge in [0.15, 0.2) is 5.82 Å². The average Bonchev–Trinajstić information content (AvgIpc) is 2.71. The Balaban J connectivity index is 0.000000845. The van der Waals surface area contributed by atoms with E-state index in [2.05, 4.69) is 10.1 Å². The molecule has 13 heavy (non-hydrogen) atoms. The van der Waals surface area contributed by atoms with Crippen molar-refractivity contribution in [2.45, 2.75) is 25.2 Å². The van der Waals surface area contributed by atoms with Crippen LogP contribution in [0, 0.1) is 6.92 Å². The van der Waals surface area contributed by atoms with Gasteiger partial charge in [-0.2, -0.15) is 4.98 Å². The van der Waals surface area contributed by atoms with E-state index in [0.717, 1.165) is 0 Å². The second-order valence-electron chi connectivity index (χ2n) is 3.02. The van der Waals surface area contributed by atoms with Gasteiger partial charge in [0.2, 0.25) is 5.89 Å². The van der Waals surface area contributed by atoms with Crippen molar-refractivity contribution >= 4 is 5.97 Å². The molecule has 1 aliphatic rings. The summed E-state index contributed by atoms with van der Waals surface area (Å²) in [6, 6.07) is 0. The molecule has 0 N–H and O–H groups in total. The van der Waals surface area contributed by atoms with E-state index in [1.807, 2.05) is 0 Å². The van der Waals surface area contributed by atoms with Crippen molar-refractivity contribution in [3.63, 3.8) is 0 Å². The standard InChI is InChI=1S/C7H8N2O3.Li/c1-4-8-5(12-9-4)7(2-3-7)6(10)11;/h2-3H2,1H3,(H,10,11);/q;+1/p-1. The van der Waals surface area contributed by atoms with Crippen molar-refractivity contribution in [1.29, 1.82) is 0 Å². The number of aromatic nitrogens is 2. The van der Waals surface area contributed by atoms with Crippen LogP contribution in [0.25, 0.3) is 0 Å². The second-order valence-corrected chi connectivity index (χ2v) is 3.02. The molecule has 0 amide bonds. The minimum absolute atomic E-state index is 0. The summed E-state index contributed by atoms with van der Waals surface area (Å²) in [6.07, 6.45) is 1.08. The Labute approximate surface area is 86.7 Å². The van der Waals surface area contributed by atoms with E-state index >= 15 is 0 Å². The molecule has 6 heteroatoms. The van der Waals surface area contributed by atoms with Gasteiger partial charge in [0.25, 0.3) is 0 Å². The number of carbonyl (C=O) groups excluding carboxylic acids is 1. The van der Waals surface area contributed by atoms with Crippen molar-refractivity contribution in [3.8, 4) is 0 Å². The number of rotatable bonds is 2. The summed E-state index contributed by atoms with van der Waals surface area (Å²) >= 11 is 0. The zero-order chi connectivity index (χ0) is 8.77. The molecule has 0 spiro atoms. The van der Waals surface area contributed by atoms with Crippen LogP contribution in [-0.4, -0.2) is 16.1 Å². The van der Waals surface area contributed by atoms with Crippen molar-refractivity contribution in [2.24, 2.45) is 0 Å². The fourth-order valence-electron chi connectivity index (χ4n) is 1.12. The number of aliphatic carboxylic acids is 1. The normalized spacial score (nSPS) is 17.6. The molecule has 0 aromatic carbocycles. The minimum atomic E-state index is -1.12. The van der Waals surface area contributed by atoms with E-state index in [4.69, 9.17) is 4.52 Å². The monoisotopic (exact) mass is 174 g/mol. The van der Waals surface area contributed by atoms with Gasteiger partial charge in [-0.05, 0) is 19.8 Å². The fraction of sp³-hybridized carbons (Fsp3) is 0.571. The van der Waals surface area contributed by atoms with Gasteiger partial charge in [0.05, 0.1) is 11.4 Å². The van der Waals surface area contributed by atoms with Gasteiger partial charge in [-0.15, -0.1) is 0 Å². The van der Waals surface area contributed by atoms with E-state index < -0.39 is 11.4 Å². The van der Waals surface area contributed by atoms with Gasteiger partial charge in [-0.3, -0.25) is 0 Å². The molecule has 1 aromatic rings. The van der Waals surface area contributed by atoms with Gasteiger partial charge in [-0.1, -0.05) is 5.16 Å². The molecule has 1 aromatic heterocycles. The van der Waals surface area contributed by atoms with Gasteiger partial charge >= 0.3 is 18.9 Å². The number of hydrogen-bond acceptors (Lipinski definition) is 5. The molecule has 0 radical (unpaired) electrons.